The van der Waals surface area contributed by atoms with Gasteiger partial charge in [-0.05, 0) is 31.9 Å². The van der Waals surface area contributed by atoms with Crippen LogP contribution in [0.4, 0.5) is 4.39 Å². The highest BCUT2D eigenvalue weighted by Gasteiger charge is 2.19. The van der Waals surface area contributed by atoms with E-state index >= 15 is 0 Å². The summed E-state index contributed by atoms with van der Waals surface area (Å²) in [5.41, 5.74) is 0.420. The molecule has 94 valence electrons. The van der Waals surface area contributed by atoms with Crippen LogP contribution in [0, 0.1) is 5.82 Å². The molecule has 1 aliphatic rings. The molecule has 1 heterocycles. The Bertz CT molecular complexity index is 376. The number of halogens is 1. The molecule has 2 nitrogen and oxygen atoms in total. The molecule has 0 bridgehead atoms. The average Bonchev–Trinajstić information content (AvgIpc) is 2.30. The number of ether oxygens (including phenoxy) is 1. The molecule has 0 aromatic heterocycles. The third-order valence-corrected chi connectivity index (χ3v) is 4.31. The average molecular weight is 256 g/mol. The van der Waals surface area contributed by atoms with Crippen molar-refractivity contribution in [2.45, 2.75) is 36.0 Å². The van der Waals surface area contributed by atoms with Crippen LogP contribution in [0.3, 0.4) is 0 Å². The minimum atomic E-state index is -0.765. The summed E-state index contributed by atoms with van der Waals surface area (Å²) < 4.78 is 19.0. The van der Waals surface area contributed by atoms with Crippen molar-refractivity contribution in [2.24, 2.45) is 0 Å². The Morgan fingerprint density at radius 2 is 2.12 bits per heavy atom. The Hall–Kier alpha value is -0.580. The standard InChI is InChI=1S/C13H17FO2S/c1-9(15)13-11(14)3-2-4-12(13)17-10-5-7-16-8-6-10/h2-4,9-10,15H,5-8H2,1H3/t9-/m0/s1. The zero-order valence-electron chi connectivity index (χ0n) is 9.86. The maximum Gasteiger partial charge on any atom is 0.130 e. The molecule has 0 aliphatic carbocycles. The normalized spacial score (nSPS) is 19.2. The molecule has 1 N–H and O–H groups in total. The van der Waals surface area contributed by atoms with Gasteiger partial charge in [0.1, 0.15) is 5.82 Å². The first-order chi connectivity index (χ1) is 8.18. The van der Waals surface area contributed by atoms with Crippen LogP contribution in [-0.2, 0) is 4.74 Å². The van der Waals surface area contributed by atoms with Gasteiger partial charge in [-0.25, -0.2) is 4.39 Å². The van der Waals surface area contributed by atoms with Gasteiger partial charge >= 0.3 is 0 Å². The van der Waals surface area contributed by atoms with Gasteiger partial charge in [0.2, 0.25) is 0 Å². The third-order valence-electron chi connectivity index (χ3n) is 2.89. The lowest BCUT2D eigenvalue weighted by atomic mass is 10.1. The molecule has 0 spiro atoms. The molecule has 1 aromatic carbocycles. The van der Waals surface area contributed by atoms with E-state index in [1.165, 1.54) is 6.07 Å². The van der Waals surface area contributed by atoms with Gasteiger partial charge < -0.3 is 9.84 Å². The lowest BCUT2D eigenvalue weighted by molar-refractivity contribution is 0.1000. The van der Waals surface area contributed by atoms with E-state index in [-0.39, 0.29) is 5.82 Å². The first kappa shape index (κ1) is 12.9. The van der Waals surface area contributed by atoms with E-state index in [2.05, 4.69) is 0 Å². The summed E-state index contributed by atoms with van der Waals surface area (Å²) in [4.78, 5) is 0.854. The van der Waals surface area contributed by atoms with Gasteiger partial charge in [0.05, 0.1) is 6.10 Å². The van der Waals surface area contributed by atoms with E-state index in [0.717, 1.165) is 31.0 Å². The second-order valence-electron chi connectivity index (χ2n) is 4.26. The zero-order chi connectivity index (χ0) is 12.3. The highest BCUT2D eigenvalue weighted by atomic mass is 32.2. The smallest absolute Gasteiger partial charge is 0.130 e. The number of thioether (sulfide) groups is 1. The van der Waals surface area contributed by atoms with Crippen LogP contribution in [-0.4, -0.2) is 23.6 Å². The number of rotatable bonds is 3. The van der Waals surface area contributed by atoms with E-state index in [1.54, 1.807) is 24.8 Å². The van der Waals surface area contributed by atoms with Crippen molar-refractivity contribution >= 4 is 11.8 Å². The van der Waals surface area contributed by atoms with Crippen molar-refractivity contribution in [2.75, 3.05) is 13.2 Å². The van der Waals surface area contributed by atoms with Gasteiger partial charge in [-0.1, -0.05) is 6.07 Å². The van der Waals surface area contributed by atoms with E-state index < -0.39 is 6.10 Å². The van der Waals surface area contributed by atoms with Crippen LogP contribution >= 0.6 is 11.8 Å². The fraction of sp³-hybridized carbons (Fsp3) is 0.538. The molecule has 1 saturated heterocycles. The fourth-order valence-corrected chi connectivity index (χ4v) is 3.34. The highest BCUT2D eigenvalue weighted by Crippen LogP contribution is 2.35. The fourth-order valence-electron chi connectivity index (χ4n) is 2.00. The monoisotopic (exact) mass is 256 g/mol. The van der Waals surface area contributed by atoms with Crippen molar-refractivity contribution in [1.29, 1.82) is 0 Å². The molecule has 1 fully saturated rings. The first-order valence-corrected chi connectivity index (χ1v) is 6.77. The minimum Gasteiger partial charge on any atom is -0.389 e. The molecular weight excluding hydrogens is 239 g/mol. The maximum absolute atomic E-state index is 13.7. The van der Waals surface area contributed by atoms with Gasteiger partial charge in [-0.15, -0.1) is 11.8 Å². The van der Waals surface area contributed by atoms with Crippen LogP contribution < -0.4 is 0 Å². The molecule has 1 atom stereocenters. The van der Waals surface area contributed by atoms with Gasteiger partial charge in [0.15, 0.2) is 0 Å². The zero-order valence-corrected chi connectivity index (χ0v) is 10.7. The SMILES string of the molecule is C[C@H](O)c1c(F)cccc1SC1CCOCC1. The van der Waals surface area contributed by atoms with E-state index in [0.29, 0.717) is 10.8 Å². The summed E-state index contributed by atoms with van der Waals surface area (Å²) in [7, 11) is 0. The predicted octanol–water partition coefficient (Wildman–Crippen LogP) is 3.15. The van der Waals surface area contributed by atoms with Crippen LogP contribution in [0.15, 0.2) is 23.1 Å². The summed E-state index contributed by atoms with van der Waals surface area (Å²) in [6, 6.07) is 4.98. The molecule has 1 aliphatic heterocycles. The minimum absolute atomic E-state index is 0.322. The van der Waals surface area contributed by atoms with E-state index in [9.17, 15) is 9.50 Å². The molecule has 0 unspecified atom stereocenters. The van der Waals surface area contributed by atoms with Gasteiger partial charge in [0, 0.05) is 28.9 Å². The predicted molar refractivity (Wildman–Crippen MR) is 66.7 cm³/mol. The van der Waals surface area contributed by atoms with Gasteiger partial charge in [-0.2, -0.15) is 0 Å². The molecule has 0 amide bonds. The van der Waals surface area contributed by atoms with Crippen LogP contribution in [0.1, 0.15) is 31.4 Å². The van der Waals surface area contributed by atoms with Gasteiger partial charge in [0.25, 0.3) is 0 Å². The second-order valence-corrected chi connectivity index (χ2v) is 5.60. The molecule has 0 radical (unpaired) electrons. The summed E-state index contributed by atoms with van der Waals surface area (Å²) in [6.07, 6.45) is 1.21. The van der Waals surface area contributed by atoms with Crippen LogP contribution in [0.5, 0.6) is 0 Å². The van der Waals surface area contributed by atoms with Crippen molar-refractivity contribution in [1.82, 2.24) is 0 Å². The summed E-state index contributed by atoms with van der Waals surface area (Å²) in [5, 5.41) is 10.1. The number of aliphatic hydroxyl groups excluding tert-OH is 1. The first-order valence-electron chi connectivity index (χ1n) is 5.89. The van der Waals surface area contributed by atoms with Crippen molar-refractivity contribution < 1.29 is 14.2 Å². The number of hydrogen-bond acceptors (Lipinski definition) is 3. The lowest BCUT2D eigenvalue weighted by Gasteiger charge is -2.23. The second kappa shape index (κ2) is 5.85. The molecule has 17 heavy (non-hydrogen) atoms. The Morgan fingerprint density at radius 1 is 1.41 bits per heavy atom. The van der Waals surface area contributed by atoms with Crippen molar-refractivity contribution in [3.05, 3.63) is 29.6 Å². The highest BCUT2D eigenvalue weighted by molar-refractivity contribution is 8.00. The van der Waals surface area contributed by atoms with Crippen molar-refractivity contribution in [3.63, 3.8) is 0 Å². The largest absolute Gasteiger partial charge is 0.389 e. The van der Waals surface area contributed by atoms with Gasteiger partial charge in [-0.3, -0.25) is 0 Å². The Labute approximate surface area is 105 Å². The summed E-state index contributed by atoms with van der Waals surface area (Å²) >= 11 is 1.65. The lowest BCUT2D eigenvalue weighted by Crippen LogP contribution is -2.17. The summed E-state index contributed by atoms with van der Waals surface area (Å²) in [6.45, 7) is 3.15. The Balaban J connectivity index is 2.16. The van der Waals surface area contributed by atoms with E-state index in [1.807, 2.05) is 6.07 Å². The quantitative estimate of drug-likeness (QED) is 0.901. The topological polar surface area (TPSA) is 29.5 Å². The van der Waals surface area contributed by atoms with Crippen LogP contribution in [0.2, 0.25) is 0 Å². The van der Waals surface area contributed by atoms with Crippen LogP contribution in [0.25, 0.3) is 0 Å². The number of hydrogen-bond donors (Lipinski definition) is 1. The molecule has 0 saturated carbocycles. The third kappa shape index (κ3) is 3.21. The number of aliphatic hydroxyl groups is 1. The summed E-state index contributed by atoms with van der Waals surface area (Å²) in [5.74, 6) is -0.322. The Morgan fingerprint density at radius 3 is 2.76 bits per heavy atom. The number of benzene rings is 1. The molecule has 2 rings (SSSR count). The maximum atomic E-state index is 13.7. The Kier molecular flexibility index (Phi) is 4.42. The van der Waals surface area contributed by atoms with E-state index in [4.69, 9.17) is 4.74 Å². The molecule has 4 heteroatoms. The molecule has 1 aromatic rings. The van der Waals surface area contributed by atoms with Crippen molar-refractivity contribution in [3.8, 4) is 0 Å². The molecular formula is C13H17FO2S.